The van der Waals surface area contributed by atoms with Crippen LogP contribution in [0.1, 0.15) is 18.4 Å². The Kier molecular flexibility index (Phi) is 5.71. The normalized spacial score (nSPS) is 23.4. The Bertz CT molecular complexity index is 931. The van der Waals surface area contributed by atoms with Gasteiger partial charge in [-0.25, -0.2) is 22.2 Å². The number of rotatable bonds is 5. The second-order valence-electron chi connectivity index (χ2n) is 6.43. The molecule has 1 aromatic carbocycles. The first-order valence-electron chi connectivity index (χ1n) is 8.25. The summed E-state index contributed by atoms with van der Waals surface area (Å²) in [7, 11) is -3.37. The fourth-order valence-corrected chi connectivity index (χ4v) is 4.13. The van der Waals surface area contributed by atoms with Gasteiger partial charge in [0, 0.05) is 23.4 Å². The van der Waals surface area contributed by atoms with Crippen LogP contribution in [0.4, 0.5) is 13.9 Å². The summed E-state index contributed by atoms with van der Waals surface area (Å²) in [6.07, 6.45) is 1.14. The summed E-state index contributed by atoms with van der Waals surface area (Å²) in [5, 5.41) is 4.76. The Balaban J connectivity index is 1.93. The maximum absolute atomic E-state index is 13.5. The molecular formula is C18H18F2N2O3S2. The highest BCUT2D eigenvalue weighted by Gasteiger charge is 2.34. The van der Waals surface area contributed by atoms with Gasteiger partial charge in [0.15, 0.2) is 15.0 Å². The monoisotopic (exact) mass is 412 g/mol. The number of hydrogen-bond acceptors (Lipinski definition) is 5. The standard InChI is InChI=1S/C18H18F2N2O3S2/c1-27(24,25)13-4-2-12(3-5-13)14(8-11-9-15(19)16(20)10-11)17(23)22-18-21-6-7-26-18/h2-8,11,15-16H,9-10H2,1H3,(H,21,22,23)/t11?,15-,16+. The summed E-state index contributed by atoms with van der Waals surface area (Å²) in [5.74, 6) is -0.878. The summed E-state index contributed by atoms with van der Waals surface area (Å²) in [5.41, 5.74) is 0.700. The van der Waals surface area contributed by atoms with E-state index in [-0.39, 0.29) is 23.3 Å². The third-order valence-electron chi connectivity index (χ3n) is 4.34. The molecule has 1 fully saturated rings. The molecule has 0 bridgehead atoms. The minimum absolute atomic E-state index is 0.0105. The minimum Gasteiger partial charge on any atom is -0.298 e. The van der Waals surface area contributed by atoms with Crippen molar-refractivity contribution >= 4 is 37.8 Å². The SMILES string of the molecule is CS(=O)(=O)c1ccc(C(=CC2C[C@@H](F)[C@@H](F)C2)C(=O)Nc2nccs2)cc1. The van der Waals surface area contributed by atoms with E-state index in [1.54, 1.807) is 17.7 Å². The Morgan fingerprint density at radius 3 is 2.37 bits per heavy atom. The maximum atomic E-state index is 13.5. The molecule has 2 aromatic rings. The lowest BCUT2D eigenvalue weighted by molar-refractivity contribution is -0.111. The average Bonchev–Trinajstić information content (AvgIpc) is 3.22. The summed E-state index contributed by atoms with van der Waals surface area (Å²) in [6.45, 7) is 0. The number of nitrogens with zero attached hydrogens (tertiary/aromatic N) is 1. The summed E-state index contributed by atoms with van der Waals surface area (Å²) in [4.78, 5) is 16.8. The average molecular weight is 412 g/mol. The molecule has 1 heterocycles. The Hall–Kier alpha value is -2.13. The number of carbonyl (C=O) groups is 1. The molecule has 1 aliphatic carbocycles. The third kappa shape index (κ3) is 4.78. The second-order valence-corrected chi connectivity index (χ2v) is 9.34. The number of nitrogens with one attached hydrogen (secondary N) is 1. The molecule has 3 rings (SSSR count). The van der Waals surface area contributed by atoms with Crippen molar-refractivity contribution in [3.63, 3.8) is 0 Å². The highest BCUT2D eigenvalue weighted by atomic mass is 32.2. The van der Waals surface area contributed by atoms with E-state index < -0.39 is 34.0 Å². The van der Waals surface area contributed by atoms with Crippen molar-refractivity contribution in [3.8, 4) is 0 Å². The largest absolute Gasteiger partial charge is 0.298 e. The van der Waals surface area contributed by atoms with Crippen molar-refractivity contribution in [2.75, 3.05) is 11.6 Å². The molecule has 1 aliphatic rings. The molecule has 0 spiro atoms. The topological polar surface area (TPSA) is 76.1 Å². The van der Waals surface area contributed by atoms with Crippen molar-refractivity contribution in [1.29, 1.82) is 0 Å². The quantitative estimate of drug-likeness (QED) is 0.761. The Morgan fingerprint density at radius 1 is 1.22 bits per heavy atom. The van der Waals surface area contributed by atoms with Gasteiger partial charge in [-0.2, -0.15) is 0 Å². The number of benzene rings is 1. The molecule has 0 radical (unpaired) electrons. The van der Waals surface area contributed by atoms with E-state index in [0.29, 0.717) is 10.7 Å². The van der Waals surface area contributed by atoms with Crippen LogP contribution in [0.2, 0.25) is 0 Å². The number of carbonyl (C=O) groups excluding carboxylic acids is 1. The molecule has 9 heteroatoms. The molecule has 144 valence electrons. The smallest absolute Gasteiger partial charge is 0.257 e. The first kappa shape index (κ1) is 19.6. The van der Waals surface area contributed by atoms with Gasteiger partial charge < -0.3 is 0 Å². The number of sulfone groups is 1. The van der Waals surface area contributed by atoms with Crippen LogP contribution >= 0.6 is 11.3 Å². The van der Waals surface area contributed by atoms with Gasteiger partial charge in [0.25, 0.3) is 5.91 Å². The van der Waals surface area contributed by atoms with E-state index in [2.05, 4.69) is 10.3 Å². The number of allylic oxidation sites excluding steroid dienone is 1. The van der Waals surface area contributed by atoms with Crippen LogP contribution in [-0.2, 0) is 14.6 Å². The first-order valence-corrected chi connectivity index (χ1v) is 11.0. The van der Waals surface area contributed by atoms with E-state index in [4.69, 9.17) is 0 Å². The zero-order valence-corrected chi connectivity index (χ0v) is 16.1. The fraction of sp³-hybridized carbons (Fsp3) is 0.333. The predicted octanol–water partition coefficient (Wildman–Crippen LogP) is 3.65. The van der Waals surface area contributed by atoms with Crippen LogP contribution < -0.4 is 5.32 Å². The molecule has 1 unspecified atom stereocenters. The zero-order chi connectivity index (χ0) is 19.6. The molecule has 0 saturated heterocycles. The van der Waals surface area contributed by atoms with E-state index in [1.807, 2.05) is 0 Å². The number of aromatic nitrogens is 1. The zero-order valence-electron chi connectivity index (χ0n) is 14.4. The van der Waals surface area contributed by atoms with Crippen molar-refractivity contribution in [1.82, 2.24) is 4.98 Å². The summed E-state index contributed by atoms with van der Waals surface area (Å²) in [6, 6.07) is 5.83. The molecule has 1 aromatic heterocycles. The van der Waals surface area contributed by atoms with Gasteiger partial charge in [0.1, 0.15) is 12.3 Å². The predicted molar refractivity (Wildman–Crippen MR) is 101 cm³/mol. The van der Waals surface area contributed by atoms with Gasteiger partial charge >= 0.3 is 0 Å². The van der Waals surface area contributed by atoms with Crippen LogP contribution in [0.3, 0.4) is 0 Å². The second kappa shape index (κ2) is 7.85. The van der Waals surface area contributed by atoms with E-state index in [9.17, 15) is 22.0 Å². The lowest BCUT2D eigenvalue weighted by atomic mass is 9.98. The molecule has 1 amide bonds. The number of halogens is 2. The van der Waals surface area contributed by atoms with Crippen molar-refractivity contribution in [2.45, 2.75) is 30.1 Å². The Labute approximate surface area is 160 Å². The lowest BCUT2D eigenvalue weighted by Crippen LogP contribution is -2.14. The summed E-state index contributed by atoms with van der Waals surface area (Å²) < 4.78 is 50.3. The highest BCUT2D eigenvalue weighted by Crippen LogP contribution is 2.34. The van der Waals surface area contributed by atoms with E-state index in [0.717, 1.165) is 6.26 Å². The van der Waals surface area contributed by atoms with E-state index >= 15 is 0 Å². The van der Waals surface area contributed by atoms with Gasteiger partial charge in [0.2, 0.25) is 0 Å². The fourth-order valence-electron chi connectivity index (χ4n) is 2.98. The van der Waals surface area contributed by atoms with Crippen LogP contribution in [0.25, 0.3) is 5.57 Å². The minimum atomic E-state index is -3.37. The molecule has 1 saturated carbocycles. The first-order chi connectivity index (χ1) is 12.7. The maximum Gasteiger partial charge on any atom is 0.257 e. The molecular weight excluding hydrogens is 394 g/mol. The number of thiazole rings is 1. The van der Waals surface area contributed by atoms with Gasteiger partial charge in [-0.05, 0) is 36.5 Å². The van der Waals surface area contributed by atoms with Crippen molar-refractivity contribution in [3.05, 3.63) is 47.5 Å². The van der Waals surface area contributed by atoms with Gasteiger partial charge in [0.05, 0.1) is 4.90 Å². The molecule has 1 N–H and O–H groups in total. The molecule has 3 atom stereocenters. The number of anilines is 1. The lowest BCUT2D eigenvalue weighted by Gasteiger charge is -2.11. The third-order valence-corrected chi connectivity index (χ3v) is 6.16. The summed E-state index contributed by atoms with van der Waals surface area (Å²) >= 11 is 1.24. The van der Waals surface area contributed by atoms with Gasteiger partial charge in [-0.1, -0.05) is 18.2 Å². The number of alkyl halides is 2. The van der Waals surface area contributed by atoms with Crippen LogP contribution in [0, 0.1) is 5.92 Å². The van der Waals surface area contributed by atoms with Gasteiger partial charge in [-0.3, -0.25) is 10.1 Å². The molecule has 0 aliphatic heterocycles. The number of hydrogen-bond donors (Lipinski definition) is 1. The Morgan fingerprint density at radius 2 is 1.85 bits per heavy atom. The van der Waals surface area contributed by atoms with Crippen molar-refractivity contribution < 1.29 is 22.0 Å². The van der Waals surface area contributed by atoms with Crippen LogP contribution in [-0.4, -0.2) is 37.9 Å². The van der Waals surface area contributed by atoms with E-state index in [1.165, 1.54) is 35.6 Å². The van der Waals surface area contributed by atoms with Crippen LogP contribution in [0.5, 0.6) is 0 Å². The number of amides is 1. The van der Waals surface area contributed by atoms with Crippen LogP contribution in [0.15, 0.2) is 46.8 Å². The molecule has 27 heavy (non-hydrogen) atoms. The highest BCUT2D eigenvalue weighted by molar-refractivity contribution is 7.90. The molecule has 5 nitrogen and oxygen atoms in total. The van der Waals surface area contributed by atoms with Crippen molar-refractivity contribution in [2.24, 2.45) is 5.92 Å². The van der Waals surface area contributed by atoms with Gasteiger partial charge in [-0.15, -0.1) is 11.3 Å².